The van der Waals surface area contributed by atoms with Crippen LogP contribution in [0.3, 0.4) is 0 Å². The number of phenols is 2. The Balaban J connectivity index is 0.000000842. The minimum Gasteiger partial charge on any atom is -0.781 e. The molecule has 0 bridgehead atoms. The van der Waals surface area contributed by atoms with Crippen LogP contribution in [0.5, 0.6) is 11.5 Å². The van der Waals surface area contributed by atoms with Crippen molar-refractivity contribution in [2.75, 3.05) is 0 Å². The zero-order valence-electron chi connectivity index (χ0n) is 29.9. The molecular formula is C34H56CaO8P2. The zero-order chi connectivity index (χ0) is 34.6. The molecule has 45 heavy (non-hydrogen) atoms. The van der Waals surface area contributed by atoms with Crippen LogP contribution in [0.25, 0.3) is 0 Å². The van der Waals surface area contributed by atoms with E-state index < -0.39 is 28.7 Å². The predicted molar refractivity (Wildman–Crippen MR) is 183 cm³/mol. The largest absolute Gasteiger partial charge is 2.00 e. The molecule has 4 atom stereocenters. The van der Waals surface area contributed by atoms with Gasteiger partial charge in [-0.15, -0.1) is 0 Å². The molecule has 0 saturated carbocycles. The first-order valence-corrected chi connectivity index (χ1v) is 17.7. The van der Waals surface area contributed by atoms with Gasteiger partial charge >= 0.3 is 37.7 Å². The van der Waals surface area contributed by atoms with Gasteiger partial charge in [-0.3, -0.25) is 0 Å². The molecule has 0 heterocycles. The number of hydrogen-bond donors (Lipinski definition) is 2. The van der Waals surface area contributed by atoms with Crippen molar-refractivity contribution in [3.05, 3.63) is 57.6 Å². The summed E-state index contributed by atoms with van der Waals surface area (Å²) in [6.45, 7) is 28.1. The van der Waals surface area contributed by atoms with E-state index in [0.717, 1.165) is 33.4 Å². The van der Waals surface area contributed by atoms with Crippen LogP contribution in [0.4, 0.5) is 0 Å². The van der Waals surface area contributed by atoms with Crippen LogP contribution in [0, 0.1) is 0 Å². The Bertz CT molecular complexity index is 1140. The summed E-state index contributed by atoms with van der Waals surface area (Å²) in [5.41, 5.74) is 3.83. The van der Waals surface area contributed by atoms with Crippen LogP contribution in [0.1, 0.15) is 155 Å². The van der Waals surface area contributed by atoms with Gasteiger partial charge in [0, 0.05) is 0 Å². The second kappa shape index (κ2) is 17.3. The monoisotopic (exact) mass is 694 g/mol. The summed E-state index contributed by atoms with van der Waals surface area (Å²) in [4.78, 5) is 21.9. The van der Waals surface area contributed by atoms with E-state index in [1.54, 1.807) is 0 Å². The Hall–Kier alpha value is -0.400. The van der Waals surface area contributed by atoms with Gasteiger partial charge in [0.2, 0.25) is 0 Å². The van der Waals surface area contributed by atoms with Crippen molar-refractivity contribution in [1.82, 2.24) is 0 Å². The number of benzene rings is 2. The van der Waals surface area contributed by atoms with Crippen molar-refractivity contribution in [2.45, 2.75) is 144 Å². The Kier molecular flexibility index (Phi) is 17.2. The second-order valence-corrected chi connectivity index (χ2v) is 16.9. The number of hydrogen-bond acceptors (Lipinski definition) is 8. The van der Waals surface area contributed by atoms with Gasteiger partial charge in [0.1, 0.15) is 28.0 Å². The molecule has 2 aromatic rings. The average molecular weight is 695 g/mol. The van der Waals surface area contributed by atoms with Gasteiger partial charge in [0.25, 0.3) is 0 Å². The molecule has 0 amide bonds. The van der Waals surface area contributed by atoms with Crippen molar-refractivity contribution in [1.29, 1.82) is 0 Å². The molecule has 0 aliphatic rings. The van der Waals surface area contributed by atoms with Crippen molar-refractivity contribution >= 4 is 54.2 Å². The van der Waals surface area contributed by atoms with E-state index in [2.05, 4.69) is 0 Å². The van der Waals surface area contributed by atoms with E-state index in [9.17, 15) is 29.1 Å². The summed E-state index contributed by atoms with van der Waals surface area (Å²) >= 11 is 0. The van der Waals surface area contributed by atoms with Crippen LogP contribution in [0.2, 0.25) is 0 Å². The van der Waals surface area contributed by atoms with Crippen molar-refractivity contribution < 1.29 is 38.2 Å². The van der Waals surface area contributed by atoms with E-state index in [1.807, 2.05) is 121 Å². The number of rotatable bonds is 8. The predicted octanol–water partition coefficient (Wildman–Crippen LogP) is 8.03. The molecule has 0 aliphatic heterocycles. The van der Waals surface area contributed by atoms with E-state index in [0.29, 0.717) is 12.8 Å². The third kappa shape index (κ3) is 13.2. The van der Waals surface area contributed by atoms with E-state index >= 15 is 0 Å². The van der Waals surface area contributed by atoms with Crippen molar-refractivity contribution in [3.63, 3.8) is 0 Å². The average Bonchev–Trinajstić information content (AvgIpc) is 2.83. The van der Waals surface area contributed by atoms with Gasteiger partial charge in [-0.25, -0.2) is 0 Å². The number of aromatic hydroxyl groups is 2. The fourth-order valence-electron chi connectivity index (χ4n) is 4.98. The molecule has 0 aliphatic carbocycles. The van der Waals surface area contributed by atoms with E-state index in [1.165, 1.54) is 0 Å². The minimum atomic E-state index is -3.26. The first kappa shape index (κ1) is 44.6. The third-order valence-corrected chi connectivity index (χ3v) is 8.41. The van der Waals surface area contributed by atoms with Gasteiger partial charge in [0.15, 0.2) is 0 Å². The van der Waals surface area contributed by atoms with Crippen LogP contribution in [-0.2, 0) is 39.8 Å². The maximum absolute atomic E-state index is 11.0. The van der Waals surface area contributed by atoms with E-state index in [4.69, 9.17) is 9.05 Å². The smallest absolute Gasteiger partial charge is 0.781 e. The molecule has 0 fully saturated rings. The molecule has 4 unspecified atom stereocenters. The fraction of sp³-hybridized carbons (Fsp3) is 0.647. The number of phenolic OH excluding ortho intramolecular Hbond substituents is 2. The maximum atomic E-state index is 11.0. The van der Waals surface area contributed by atoms with Crippen LogP contribution in [-0.4, -0.2) is 48.0 Å². The molecule has 0 saturated heterocycles. The van der Waals surface area contributed by atoms with E-state index in [-0.39, 0.29) is 70.9 Å². The summed E-state index contributed by atoms with van der Waals surface area (Å²) in [6, 6.07) is 7.46. The van der Waals surface area contributed by atoms with Gasteiger partial charge < -0.3 is 38.2 Å². The zero-order valence-corrected chi connectivity index (χ0v) is 34.1. The molecule has 8 nitrogen and oxygen atoms in total. The topological polar surface area (TPSA) is 139 Å². The Morgan fingerprint density at radius 3 is 0.911 bits per heavy atom. The van der Waals surface area contributed by atoms with Gasteiger partial charge in [0.05, 0.1) is 12.2 Å². The minimum absolute atomic E-state index is 0. The molecule has 0 aromatic heterocycles. The first-order chi connectivity index (χ1) is 19.7. The molecule has 2 N–H and O–H groups in total. The molecular weight excluding hydrogens is 638 g/mol. The normalized spacial score (nSPS) is 15.3. The Morgan fingerprint density at radius 2 is 0.778 bits per heavy atom. The summed E-state index contributed by atoms with van der Waals surface area (Å²) in [7, 11) is -6.52. The van der Waals surface area contributed by atoms with Gasteiger partial charge in [-0.1, -0.05) is 96.9 Å². The summed E-state index contributed by atoms with van der Waals surface area (Å²) in [5, 5.41) is 21.3. The molecule has 2 rings (SSSR count). The van der Waals surface area contributed by atoms with Crippen LogP contribution < -0.4 is 9.79 Å². The van der Waals surface area contributed by atoms with Crippen LogP contribution >= 0.6 is 16.5 Å². The molecule has 0 spiro atoms. The quantitative estimate of drug-likeness (QED) is 0.209. The second-order valence-electron chi connectivity index (χ2n) is 15.5. The summed E-state index contributed by atoms with van der Waals surface area (Å²) in [5.74, 6) is 0.571. The summed E-state index contributed by atoms with van der Waals surface area (Å²) < 4.78 is 32.1. The summed E-state index contributed by atoms with van der Waals surface area (Å²) in [6.07, 6.45) is 0.0889. The SMILES string of the molecule is CCC(O[PH](=O)[O-])c1cc(C(C)(C)C)c(O)c(C(C)(C)C)c1.CCC(O[PH](=O)[O-])c1cc(C(C)(C)C)c(O)c(C(C)(C)C)c1.[Ca+2]. The van der Waals surface area contributed by atoms with Crippen LogP contribution in [0.15, 0.2) is 24.3 Å². The maximum Gasteiger partial charge on any atom is 2.00 e. The molecule has 0 radical (unpaired) electrons. The molecule has 2 aromatic carbocycles. The standard InChI is InChI=1S/2C17H29O4P.Ca/c2*1-8-14(21-22(19)20)11-9-12(16(2,3)4)15(18)13(10-11)17(5,6)7;/h2*9-10,14,18,22H,8H2,1-7H3,(H,19,20);/q;;+2/p-2. The molecule has 11 heteroatoms. The Morgan fingerprint density at radius 1 is 0.578 bits per heavy atom. The first-order valence-electron chi connectivity index (χ1n) is 15.3. The van der Waals surface area contributed by atoms with Crippen molar-refractivity contribution in [3.8, 4) is 11.5 Å². The molecule has 252 valence electrons. The van der Waals surface area contributed by atoms with Crippen molar-refractivity contribution in [2.24, 2.45) is 0 Å². The Labute approximate surface area is 303 Å². The fourth-order valence-corrected chi connectivity index (χ4v) is 6.05. The van der Waals surface area contributed by atoms with Gasteiger partial charge in [-0.05, 0) is 92.1 Å². The third-order valence-electron chi connectivity index (χ3n) is 7.46. The van der Waals surface area contributed by atoms with Gasteiger partial charge in [-0.2, -0.15) is 0 Å².